The number of aliphatic imine (C=N–C) groups is 2. The molecule has 2 N–H and O–H groups in total. The molecule has 2 unspecified atom stereocenters. The quantitative estimate of drug-likeness (QED) is 0.0447. The molecular weight excluding hydrogens is 975 g/mol. The minimum Gasteiger partial charge on any atom is -0.497 e. The Morgan fingerprint density at radius 1 is 0.461 bits per heavy atom. The van der Waals surface area contributed by atoms with Crippen LogP contribution in [-0.2, 0) is 23.7 Å². The molecule has 0 aliphatic carbocycles. The van der Waals surface area contributed by atoms with Crippen LogP contribution in [0.4, 0.5) is 11.4 Å². The Kier molecular flexibility index (Phi) is 21.1. The van der Waals surface area contributed by atoms with Crippen molar-refractivity contribution in [3.63, 3.8) is 0 Å². The van der Waals surface area contributed by atoms with Gasteiger partial charge in [0, 0.05) is 116 Å². The highest BCUT2D eigenvalue weighted by Gasteiger charge is 2.35. The molecule has 2 atom stereocenters. The highest BCUT2D eigenvalue weighted by Crippen LogP contribution is 2.42. The summed E-state index contributed by atoms with van der Waals surface area (Å²) in [5.74, 6) is 2.94. The summed E-state index contributed by atoms with van der Waals surface area (Å²) in [5.41, 5.74) is 11.3. The molecule has 406 valence electrons. The van der Waals surface area contributed by atoms with Gasteiger partial charge in [-0.2, -0.15) is 0 Å². The normalized spacial score (nSPS) is 16.3. The van der Waals surface area contributed by atoms with Crippen LogP contribution in [0.25, 0.3) is 11.1 Å². The monoisotopic (exact) mass is 1050 g/mol. The van der Waals surface area contributed by atoms with Gasteiger partial charge in [-0.05, 0) is 84.4 Å². The molecule has 0 aromatic heterocycles. The number of rotatable bonds is 33. The van der Waals surface area contributed by atoms with Gasteiger partial charge in [0.05, 0.1) is 82.3 Å². The Hall–Kier alpha value is -6.80. The predicted octanol–water partition coefficient (Wildman–Crippen LogP) is 8.48. The van der Waals surface area contributed by atoms with Crippen LogP contribution in [0.15, 0.2) is 95.2 Å². The minimum absolute atomic E-state index is 0.164. The maximum Gasteiger partial charge on any atom is 0.260 e. The van der Waals surface area contributed by atoms with Crippen molar-refractivity contribution in [2.24, 2.45) is 15.7 Å². The number of nitrogens with zero attached hydrogens (tertiary/aromatic N) is 4. The van der Waals surface area contributed by atoms with Crippen LogP contribution in [0, 0.1) is 0 Å². The molecule has 8 rings (SSSR count). The Balaban J connectivity index is 0.724. The molecule has 4 aromatic rings. The summed E-state index contributed by atoms with van der Waals surface area (Å²) < 4.78 is 62.9. The Morgan fingerprint density at radius 3 is 1.29 bits per heavy atom. The second-order valence-corrected chi connectivity index (χ2v) is 18.3. The largest absolute Gasteiger partial charge is 0.497 e. The number of nitrogens with two attached hydrogens (primary N) is 1. The zero-order chi connectivity index (χ0) is 52.9. The number of fused-ring (bicyclic) bond motifs is 4. The van der Waals surface area contributed by atoms with E-state index in [2.05, 4.69) is 0 Å². The van der Waals surface area contributed by atoms with Crippen LogP contribution >= 0.6 is 0 Å². The second-order valence-electron chi connectivity index (χ2n) is 18.3. The van der Waals surface area contributed by atoms with E-state index in [1.165, 1.54) is 0 Å². The minimum atomic E-state index is -0.250. The zero-order valence-corrected chi connectivity index (χ0v) is 43.9. The maximum absolute atomic E-state index is 14.0. The van der Waals surface area contributed by atoms with Gasteiger partial charge in [0.25, 0.3) is 11.8 Å². The molecule has 0 saturated heterocycles. The average molecular weight is 1050 g/mol. The van der Waals surface area contributed by atoms with E-state index in [1.54, 1.807) is 55.4 Å². The first kappa shape index (κ1) is 55.4. The number of amides is 2. The fourth-order valence-electron chi connectivity index (χ4n) is 9.00. The fraction of sp³-hybridized carbons (Fsp3) is 0.448. The molecular formula is C58H71N5O13. The number of ether oxygens (including phenoxy) is 11. The molecule has 18 heteroatoms. The number of methoxy groups -OCH3 is 3. The number of hydrogen-bond donors (Lipinski definition) is 1. The summed E-state index contributed by atoms with van der Waals surface area (Å²) in [6, 6.07) is 22.1. The van der Waals surface area contributed by atoms with Gasteiger partial charge < -0.3 is 67.6 Å². The van der Waals surface area contributed by atoms with Gasteiger partial charge in [-0.3, -0.25) is 19.6 Å². The van der Waals surface area contributed by atoms with Crippen LogP contribution in [0.5, 0.6) is 34.5 Å². The first-order chi connectivity index (χ1) is 37.4. The van der Waals surface area contributed by atoms with Gasteiger partial charge in [-0.15, -0.1) is 0 Å². The molecule has 4 aliphatic heterocycles. The third-order valence-electron chi connectivity index (χ3n) is 13.0. The zero-order valence-electron chi connectivity index (χ0n) is 43.9. The molecule has 2 amide bonds. The number of carbonyl (C=O) groups is 2. The topological polar surface area (TPSA) is 193 Å². The molecule has 0 spiro atoms. The molecule has 4 aromatic carbocycles. The Morgan fingerprint density at radius 2 is 0.868 bits per heavy atom. The van der Waals surface area contributed by atoms with E-state index in [4.69, 9.17) is 67.8 Å². The lowest BCUT2D eigenvalue weighted by Gasteiger charge is -2.19. The molecule has 18 nitrogen and oxygen atoms in total. The molecule has 0 radical (unpaired) electrons. The summed E-state index contributed by atoms with van der Waals surface area (Å²) >= 11 is 0. The van der Waals surface area contributed by atoms with Crippen molar-refractivity contribution in [2.45, 2.75) is 57.0 Å². The number of hydrogen-bond acceptors (Lipinski definition) is 16. The van der Waals surface area contributed by atoms with Gasteiger partial charge in [0.1, 0.15) is 18.1 Å². The average Bonchev–Trinajstić information content (AvgIpc) is 4.04. The maximum atomic E-state index is 14.0. The lowest BCUT2D eigenvalue weighted by atomic mass is 10.0. The highest BCUT2D eigenvalue weighted by molar-refractivity contribution is 6.06. The van der Waals surface area contributed by atoms with E-state index in [1.807, 2.05) is 73.4 Å². The van der Waals surface area contributed by atoms with Crippen molar-refractivity contribution in [3.8, 4) is 34.5 Å². The van der Waals surface area contributed by atoms with Crippen molar-refractivity contribution >= 4 is 46.8 Å². The van der Waals surface area contributed by atoms with Crippen molar-refractivity contribution < 1.29 is 61.7 Å². The van der Waals surface area contributed by atoms with Crippen LogP contribution < -0.4 is 34.2 Å². The molecule has 0 bridgehead atoms. The fourth-order valence-corrected chi connectivity index (χ4v) is 9.00. The van der Waals surface area contributed by atoms with E-state index in [0.717, 1.165) is 59.5 Å². The van der Waals surface area contributed by atoms with Crippen molar-refractivity contribution in [1.29, 1.82) is 0 Å². The molecule has 0 fully saturated rings. The first-order valence-corrected chi connectivity index (χ1v) is 26.2. The first-order valence-electron chi connectivity index (χ1n) is 26.2. The lowest BCUT2D eigenvalue weighted by Crippen LogP contribution is -2.32. The number of benzene rings is 4. The van der Waals surface area contributed by atoms with Gasteiger partial charge in [0.15, 0.2) is 23.0 Å². The summed E-state index contributed by atoms with van der Waals surface area (Å²) in [6.07, 6.45) is 12.6. The van der Waals surface area contributed by atoms with Gasteiger partial charge in [0.2, 0.25) is 0 Å². The molecule has 4 heterocycles. The Labute approximate surface area is 445 Å². The van der Waals surface area contributed by atoms with E-state index in [-0.39, 0.29) is 37.1 Å². The summed E-state index contributed by atoms with van der Waals surface area (Å²) in [6.45, 7) is 7.93. The van der Waals surface area contributed by atoms with Gasteiger partial charge in [-0.25, -0.2) is 0 Å². The molecule has 4 aliphatic rings. The third kappa shape index (κ3) is 15.0. The van der Waals surface area contributed by atoms with Gasteiger partial charge >= 0.3 is 0 Å². The smallest absolute Gasteiger partial charge is 0.260 e. The summed E-state index contributed by atoms with van der Waals surface area (Å²) in [4.78, 5) is 40.8. The van der Waals surface area contributed by atoms with Crippen molar-refractivity contribution in [2.75, 3.05) is 114 Å². The van der Waals surface area contributed by atoms with E-state index >= 15 is 0 Å². The van der Waals surface area contributed by atoms with Crippen LogP contribution in [0.3, 0.4) is 0 Å². The molecule has 0 saturated carbocycles. The van der Waals surface area contributed by atoms with Gasteiger partial charge in [-0.1, -0.05) is 24.3 Å². The summed E-state index contributed by atoms with van der Waals surface area (Å²) in [7, 11) is 4.72. The predicted molar refractivity (Wildman–Crippen MR) is 290 cm³/mol. The molecule has 76 heavy (non-hydrogen) atoms. The van der Waals surface area contributed by atoms with E-state index in [0.29, 0.717) is 144 Å². The van der Waals surface area contributed by atoms with E-state index < -0.39 is 0 Å². The highest BCUT2D eigenvalue weighted by atomic mass is 16.5. The van der Waals surface area contributed by atoms with Crippen molar-refractivity contribution in [1.82, 2.24) is 9.80 Å². The third-order valence-corrected chi connectivity index (χ3v) is 13.0. The van der Waals surface area contributed by atoms with E-state index in [9.17, 15) is 9.59 Å². The summed E-state index contributed by atoms with van der Waals surface area (Å²) in [5, 5.41) is 0. The SMILES string of the molecule is COc1ccc(C2=CN3C(=O)c4cc(OC)c(OCCCOc5cc6c(cc5OC)C(=O)N5C=C(c7ccc(OCCOCCCOCCCOCCCOCCCOCCN)cc7)CC5C=N6)cc4N=CC3C2)cc1. The standard InChI is InChI=1S/C58H71N5O13/c1-66-47-13-9-41(10-14-47)43-31-45-37-60-51-35-55(53(67-2)33-49(51)57(64)62(45)39-43)75-26-8-27-76-56-36-52-50(34-54(56)68-3)58(65)63-40-44(32-46(63)38-61-52)42-11-15-48(16-12-42)74-30-29-73-25-7-23-71-21-5-19-69-18-4-20-70-22-6-24-72-28-17-59/h9-16,33-40,45-46H,4-8,17-32,59H2,1-3H3. The Bertz CT molecular complexity index is 2660. The van der Waals surface area contributed by atoms with Crippen molar-refractivity contribution in [3.05, 3.63) is 107 Å². The second kappa shape index (κ2) is 28.9. The lowest BCUT2D eigenvalue weighted by molar-refractivity contribution is 0.0467. The van der Waals surface area contributed by atoms with Crippen LogP contribution in [0.1, 0.15) is 76.8 Å². The number of carbonyl (C=O) groups excluding carboxylic acids is 2. The van der Waals surface area contributed by atoms with Crippen LogP contribution in [0.2, 0.25) is 0 Å². The van der Waals surface area contributed by atoms with Crippen LogP contribution in [-0.4, -0.2) is 160 Å².